The fourth-order valence-corrected chi connectivity index (χ4v) is 6.03. The summed E-state index contributed by atoms with van der Waals surface area (Å²) in [7, 11) is 1.78. The maximum atomic E-state index is 5.67. The second-order valence-electron chi connectivity index (χ2n) is 10.5. The first-order valence-electron chi connectivity index (χ1n) is 13.7. The zero-order chi connectivity index (χ0) is 24.1. The standard InChI is InChI=1S/C31H44N2O/c1-6-10-27-29-17-25(34-5)14-15-26(29)21(4)28(23-11-9-12-23)18-30(27)31-16-13-22(20-33-31)19-32-24(7-2)8-3/h13-17,20-21,23-24,28,32H,6-12,18-19H2,1-5H3. The highest BCUT2D eigenvalue weighted by molar-refractivity contribution is 5.92. The molecule has 34 heavy (non-hydrogen) atoms. The van der Waals surface area contributed by atoms with Gasteiger partial charge in [0.15, 0.2) is 0 Å². The normalized spacial score (nSPS) is 20.8. The highest BCUT2D eigenvalue weighted by Gasteiger charge is 2.36. The lowest BCUT2D eigenvalue weighted by molar-refractivity contribution is 0.186. The molecule has 1 N–H and O–H groups in total. The molecule has 3 nitrogen and oxygen atoms in total. The Bertz CT molecular complexity index is 969. The first-order valence-corrected chi connectivity index (χ1v) is 13.7. The largest absolute Gasteiger partial charge is 0.497 e. The van der Waals surface area contributed by atoms with Crippen LogP contribution in [0.3, 0.4) is 0 Å². The molecule has 4 rings (SSSR count). The van der Waals surface area contributed by atoms with E-state index in [1.165, 1.54) is 65.6 Å². The molecule has 0 saturated heterocycles. The zero-order valence-corrected chi connectivity index (χ0v) is 22.0. The predicted octanol–water partition coefficient (Wildman–Crippen LogP) is 8.00. The number of ether oxygens (including phenoxy) is 1. The molecule has 2 aliphatic carbocycles. The van der Waals surface area contributed by atoms with Gasteiger partial charge in [0.1, 0.15) is 5.75 Å². The van der Waals surface area contributed by atoms with E-state index in [9.17, 15) is 0 Å². The van der Waals surface area contributed by atoms with Gasteiger partial charge in [-0.1, -0.05) is 65.5 Å². The van der Waals surface area contributed by atoms with Crippen molar-refractivity contribution in [3.05, 3.63) is 58.9 Å². The Morgan fingerprint density at radius 3 is 2.47 bits per heavy atom. The van der Waals surface area contributed by atoms with E-state index >= 15 is 0 Å². The van der Waals surface area contributed by atoms with Crippen LogP contribution in [0, 0.1) is 11.8 Å². The Kier molecular flexibility index (Phi) is 8.47. The number of methoxy groups -OCH3 is 1. The topological polar surface area (TPSA) is 34.2 Å². The number of fused-ring (bicyclic) bond motifs is 1. The van der Waals surface area contributed by atoms with Crippen molar-refractivity contribution in [2.24, 2.45) is 11.8 Å². The van der Waals surface area contributed by atoms with Crippen LogP contribution < -0.4 is 10.1 Å². The monoisotopic (exact) mass is 460 g/mol. The summed E-state index contributed by atoms with van der Waals surface area (Å²) in [6, 6.07) is 11.9. The molecular weight excluding hydrogens is 416 g/mol. The molecule has 2 aromatic rings. The Labute approximate surface area is 207 Å². The van der Waals surface area contributed by atoms with E-state index in [0.717, 1.165) is 37.5 Å². The fourth-order valence-electron chi connectivity index (χ4n) is 6.03. The van der Waals surface area contributed by atoms with E-state index in [4.69, 9.17) is 9.72 Å². The summed E-state index contributed by atoms with van der Waals surface area (Å²) < 4.78 is 5.67. The van der Waals surface area contributed by atoms with Gasteiger partial charge in [0.05, 0.1) is 12.8 Å². The fraction of sp³-hybridized carbons (Fsp3) is 0.581. The van der Waals surface area contributed by atoms with Gasteiger partial charge in [-0.3, -0.25) is 4.98 Å². The summed E-state index contributed by atoms with van der Waals surface area (Å²) in [6.07, 6.45) is 11.9. The van der Waals surface area contributed by atoms with Gasteiger partial charge in [-0.05, 0) is 89.5 Å². The quantitative estimate of drug-likeness (QED) is 0.390. The number of nitrogens with one attached hydrogen (secondary N) is 1. The van der Waals surface area contributed by atoms with E-state index in [1.54, 1.807) is 7.11 Å². The predicted molar refractivity (Wildman–Crippen MR) is 144 cm³/mol. The van der Waals surface area contributed by atoms with Gasteiger partial charge in [0.2, 0.25) is 0 Å². The number of hydrogen-bond acceptors (Lipinski definition) is 3. The number of nitrogens with zero attached hydrogens (tertiary/aromatic N) is 1. The number of hydrogen-bond donors (Lipinski definition) is 1. The van der Waals surface area contributed by atoms with Crippen LogP contribution in [0.2, 0.25) is 0 Å². The number of rotatable bonds is 10. The van der Waals surface area contributed by atoms with E-state index in [1.807, 2.05) is 0 Å². The van der Waals surface area contributed by atoms with Crippen LogP contribution in [0.4, 0.5) is 0 Å². The lowest BCUT2D eigenvalue weighted by atomic mass is 9.67. The summed E-state index contributed by atoms with van der Waals surface area (Å²) in [5.74, 6) is 3.03. The minimum absolute atomic E-state index is 0.555. The first kappa shape index (κ1) is 25.0. The smallest absolute Gasteiger partial charge is 0.119 e. The molecule has 0 aliphatic heterocycles. The SMILES string of the molecule is CCCC1=C(c2ccc(CNC(CC)CC)cn2)CC(C2CCC2)C(C)c2ccc(OC)cc21. The Morgan fingerprint density at radius 1 is 1.09 bits per heavy atom. The van der Waals surface area contributed by atoms with E-state index in [2.05, 4.69) is 69.5 Å². The summed E-state index contributed by atoms with van der Waals surface area (Å²) in [5, 5.41) is 3.68. The molecular formula is C31H44N2O. The van der Waals surface area contributed by atoms with Gasteiger partial charge >= 0.3 is 0 Å². The van der Waals surface area contributed by atoms with Crippen LogP contribution in [0.1, 0.15) is 107 Å². The summed E-state index contributed by atoms with van der Waals surface area (Å²) in [6.45, 7) is 10.1. The molecule has 184 valence electrons. The zero-order valence-electron chi connectivity index (χ0n) is 22.0. The summed E-state index contributed by atoms with van der Waals surface area (Å²) >= 11 is 0. The molecule has 2 unspecified atom stereocenters. The number of aromatic nitrogens is 1. The maximum absolute atomic E-state index is 5.67. The Balaban J connectivity index is 1.74. The average molecular weight is 461 g/mol. The average Bonchev–Trinajstić information content (AvgIpc) is 2.95. The number of benzene rings is 1. The lowest BCUT2D eigenvalue weighted by Crippen LogP contribution is -2.27. The second kappa shape index (κ2) is 11.5. The lowest BCUT2D eigenvalue weighted by Gasteiger charge is -2.37. The number of allylic oxidation sites excluding steroid dienone is 2. The minimum Gasteiger partial charge on any atom is -0.497 e. The molecule has 0 amide bonds. The van der Waals surface area contributed by atoms with Crippen molar-refractivity contribution in [2.75, 3.05) is 7.11 Å². The molecule has 1 aromatic heterocycles. The van der Waals surface area contributed by atoms with Crippen LogP contribution in [0.15, 0.2) is 36.5 Å². The minimum atomic E-state index is 0.555. The van der Waals surface area contributed by atoms with Crippen LogP contribution in [0.25, 0.3) is 11.1 Å². The third-order valence-electron chi connectivity index (χ3n) is 8.49. The first-order chi connectivity index (χ1) is 16.6. The van der Waals surface area contributed by atoms with Crippen molar-refractivity contribution in [1.29, 1.82) is 0 Å². The maximum Gasteiger partial charge on any atom is 0.119 e. The Morgan fingerprint density at radius 2 is 1.88 bits per heavy atom. The molecule has 2 atom stereocenters. The number of pyridine rings is 1. The molecule has 0 radical (unpaired) electrons. The Hall–Kier alpha value is -2.13. The molecule has 0 spiro atoms. The van der Waals surface area contributed by atoms with Crippen molar-refractivity contribution in [3.63, 3.8) is 0 Å². The molecule has 0 bridgehead atoms. The second-order valence-corrected chi connectivity index (χ2v) is 10.5. The van der Waals surface area contributed by atoms with Crippen molar-refractivity contribution in [3.8, 4) is 5.75 Å². The van der Waals surface area contributed by atoms with Gasteiger partial charge in [-0.2, -0.15) is 0 Å². The molecule has 1 fully saturated rings. The highest BCUT2D eigenvalue weighted by Crippen LogP contribution is 2.51. The van der Waals surface area contributed by atoms with Gasteiger partial charge < -0.3 is 10.1 Å². The van der Waals surface area contributed by atoms with Crippen LogP contribution in [-0.2, 0) is 6.54 Å². The van der Waals surface area contributed by atoms with Gasteiger partial charge in [0.25, 0.3) is 0 Å². The summed E-state index contributed by atoms with van der Waals surface area (Å²) in [5.41, 5.74) is 8.29. The summed E-state index contributed by atoms with van der Waals surface area (Å²) in [4.78, 5) is 5.06. The van der Waals surface area contributed by atoms with Gasteiger partial charge in [-0.15, -0.1) is 0 Å². The molecule has 1 aromatic carbocycles. The molecule has 2 aliphatic rings. The molecule has 1 heterocycles. The van der Waals surface area contributed by atoms with E-state index in [0.29, 0.717) is 17.9 Å². The van der Waals surface area contributed by atoms with Gasteiger partial charge in [0, 0.05) is 18.8 Å². The van der Waals surface area contributed by atoms with Crippen molar-refractivity contribution in [1.82, 2.24) is 10.3 Å². The van der Waals surface area contributed by atoms with E-state index < -0.39 is 0 Å². The highest BCUT2D eigenvalue weighted by atomic mass is 16.5. The van der Waals surface area contributed by atoms with Crippen molar-refractivity contribution < 1.29 is 4.74 Å². The third-order valence-corrected chi connectivity index (χ3v) is 8.49. The molecule has 1 saturated carbocycles. The van der Waals surface area contributed by atoms with E-state index in [-0.39, 0.29) is 0 Å². The van der Waals surface area contributed by atoms with Gasteiger partial charge in [-0.25, -0.2) is 0 Å². The third kappa shape index (κ3) is 5.25. The van der Waals surface area contributed by atoms with Crippen LogP contribution >= 0.6 is 0 Å². The molecule has 3 heteroatoms. The van der Waals surface area contributed by atoms with Crippen LogP contribution in [-0.4, -0.2) is 18.1 Å². The van der Waals surface area contributed by atoms with Crippen LogP contribution in [0.5, 0.6) is 5.75 Å². The van der Waals surface area contributed by atoms with Crippen molar-refractivity contribution >= 4 is 11.1 Å². The van der Waals surface area contributed by atoms with Crippen molar-refractivity contribution in [2.45, 2.75) is 97.6 Å².